The number of carbonyl (C=O) groups is 2. The predicted molar refractivity (Wildman–Crippen MR) is 111 cm³/mol. The zero-order valence-electron chi connectivity index (χ0n) is 14.8. The van der Waals surface area contributed by atoms with Crippen LogP contribution in [0, 0.1) is 0 Å². The van der Waals surface area contributed by atoms with Crippen molar-refractivity contribution in [3.8, 4) is 5.75 Å². The average Bonchev–Trinajstić information content (AvgIpc) is 2.66. The Bertz CT molecular complexity index is 880. The number of hydrazine groups is 1. The number of thiocarbonyl (C=S) groups is 1. The summed E-state index contributed by atoms with van der Waals surface area (Å²) in [5, 5.41) is 2.95. The van der Waals surface area contributed by atoms with Gasteiger partial charge in [0.05, 0.1) is 22.8 Å². The van der Waals surface area contributed by atoms with E-state index >= 15 is 0 Å². The molecule has 0 spiro atoms. The molecule has 0 radical (unpaired) electrons. The molecule has 2 amide bonds. The predicted octanol–water partition coefficient (Wildman–Crippen LogP) is 2.97. The van der Waals surface area contributed by atoms with E-state index in [4.69, 9.17) is 44.9 Å². The van der Waals surface area contributed by atoms with E-state index in [1.807, 2.05) is 0 Å². The summed E-state index contributed by atoms with van der Waals surface area (Å²) >= 11 is 16.8. The molecule has 0 saturated heterocycles. The molecule has 0 heterocycles. The largest absolute Gasteiger partial charge is 0.490 e. The van der Waals surface area contributed by atoms with Gasteiger partial charge < -0.3 is 9.47 Å². The maximum atomic E-state index is 12.4. The second-order valence-electron chi connectivity index (χ2n) is 5.32. The van der Waals surface area contributed by atoms with E-state index < -0.39 is 11.8 Å². The van der Waals surface area contributed by atoms with Gasteiger partial charge in [0.15, 0.2) is 5.11 Å². The maximum Gasteiger partial charge on any atom is 0.271 e. The maximum absolute atomic E-state index is 12.4. The lowest BCUT2D eigenvalue weighted by atomic mass is 10.2. The Hall–Kier alpha value is -2.39. The van der Waals surface area contributed by atoms with Gasteiger partial charge in [-0.1, -0.05) is 35.3 Å². The lowest BCUT2D eigenvalue weighted by Crippen LogP contribution is -2.48. The molecule has 0 atom stereocenters. The first-order valence-electron chi connectivity index (χ1n) is 8.00. The quantitative estimate of drug-likeness (QED) is 0.362. The van der Waals surface area contributed by atoms with E-state index in [1.165, 1.54) is 18.2 Å². The zero-order valence-corrected chi connectivity index (χ0v) is 17.1. The van der Waals surface area contributed by atoms with Crippen LogP contribution >= 0.6 is 35.4 Å². The van der Waals surface area contributed by atoms with Crippen LogP contribution in [0.1, 0.15) is 20.7 Å². The highest BCUT2D eigenvalue weighted by atomic mass is 35.5. The van der Waals surface area contributed by atoms with E-state index in [2.05, 4.69) is 16.2 Å². The first kappa shape index (κ1) is 21.9. The summed E-state index contributed by atoms with van der Waals surface area (Å²) in [6.07, 6.45) is 0. The van der Waals surface area contributed by atoms with Crippen molar-refractivity contribution < 1.29 is 19.1 Å². The van der Waals surface area contributed by atoms with Crippen LogP contribution in [0.3, 0.4) is 0 Å². The Balaban J connectivity index is 1.92. The molecule has 2 aromatic rings. The van der Waals surface area contributed by atoms with Crippen LogP contribution in [0.15, 0.2) is 42.5 Å². The van der Waals surface area contributed by atoms with Gasteiger partial charge in [0, 0.05) is 12.1 Å². The number of carbonyl (C=O) groups excluding carboxylic acids is 2. The van der Waals surface area contributed by atoms with Crippen LogP contribution in [0.5, 0.6) is 5.75 Å². The normalized spacial score (nSPS) is 10.1. The number of benzene rings is 2. The van der Waals surface area contributed by atoms with Gasteiger partial charge in [0.1, 0.15) is 12.4 Å². The third-order valence-electron chi connectivity index (χ3n) is 3.37. The molecule has 0 saturated carbocycles. The van der Waals surface area contributed by atoms with Crippen molar-refractivity contribution in [3.63, 3.8) is 0 Å². The van der Waals surface area contributed by atoms with Crippen molar-refractivity contribution in [3.05, 3.63) is 63.6 Å². The molecule has 10 heteroatoms. The number of halogens is 2. The average molecular weight is 442 g/mol. The summed E-state index contributed by atoms with van der Waals surface area (Å²) in [7, 11) is 1.55. The van der Waals surface area contributed by atoms with Gasteiger partial charge in [0.25, 0.3) is 11.8 Å². The molecule has 0 fully saturated rings. The molecule has 2 aromatic carbocycles. The summed E-state index contributed by atoms with van der Waals surface area (Å²) in [5.41, 5.74) is 5.28. The van der Waals surface area contributed by atoms with E-state index in [0.29, 0.717) is 24.0 Å². The fourth-order valence-corrected chi connectivity index (χ4v) is 2.71. The third-order valence-corrected chi connectivity index (χ3v) is 4.12. The standard InChI is InChI=1S/C18H17Cl2N3O4S/c1-26-8-9-27-15-5-3-2-4-13(15)16(24)21-18(28)23-22-17(25)12-7-6-11(19)10-14(12)20/h2-7,10H,8-9H2,1H3,(H,22,25)(H2,21,23,24,28). The van der Waals surface area contributed by atoms with Crippen molar-refractivity contribution in [2.24, 2.45) is 0 Å². The topological polar surface area (TPSA) is 88.7 Å². The van der Waals surface area contributed by atoms with Crippen molar-refractivity contribution in [2.75, 3.05) is 20.3 Å². The molecule has 2 rings (SSSR count). The van der Waals surface area contributed by atoms with Crippen molar-refractivity contribution in [2.45, 2.75) is 0 Å². The van der Waals surface area contributed by atoms with Crippen LogP contribution in [-0.4, -0.2) is 37.3 Å². The molecule has 0 bridgehead atoms. The molecule has 0 unspecified atom stereocenters. The van der Waals surface area contributed by atoms with Crippen molar-refractivity contribution in [1.29, 1.82) is 0 Å². The molecule has 7 nitrogen and oxygen atoms in total. The summed E-state index contributed by atoms with van der Waals surface area (Å²) in [6.45, 7) is 0.677. The van der Waals surface area contributed by atoms with E-state index in [0.717, 1.165) is 0 Å². The molecule has 0 aromatic heterocycles. The number of rotatable bonds is 6. The Morgan fingerprint density at radius 3 is 2.46 bits per heavy atom. The highest BCUT2D eigenvalue weighted by Gasteiger charge is 2.15. The Labute approximate surface area is 177 Å². The second-order valence-corrected chi connectivity index (χ2v) is 6.58. The third kappa shape index (κ3) is 6.35. The second kappa shape index (κ2) is 10.8. The number of ether oxygens (including phenoxy) is 2. The molecule has 148 valence electrons. The lowest BCUT2D eigenvalue weighted by Gasteiger charge is -2.13. The monoisotopic (exact) mass is 441 g/mol. The van der Waals surface area contributed by atoms with Crippen LogP contribution in [0.2, 0.25) is 10.0 Å². The fourth-order valence-electron chi connectivity index (χ4n) is 2.07. The van der Waals surface area contributed by atoms with Gasteiger partial charge in [-0.15, -0.1) is 0 Å². The van der Waals surface area contributed by atoms with E-state index in [1.54, 1.807) is 31.4 Å². The number of methoxy groups -OCH3 is 1. The molecule has 0 aliphatic carbocycles. The summed E-state index contributed by atoms with van der Waals surface area (Å²) < 4.78 is 10.4. The van der Waals surface area contributed by atoms with Gasteiger partial charge in [-0.2, -0.15) is 0 Å². The molecule has 0 aliphatic heterocycles. The molecule has 3 N–H and O–H groups in total. The number of hydrogen-bond donors (Lipinski definition) is 3. The molecule has 28 heavy (non-hydrogen) atoms. The molecule has 0 aliphatic rings. The van der Waals surface area contributed by atoms with E-state index in [9.17, 15) is 9.59 Å². The number of amides is 2. The minimum absolute atomic E-state index is 0.102. The highest BCUT2D eigenvalue weighted by Crippen LogP contribution is 2.20. The van der Waals surface area contributed by atoms with Crippen molar-refractivity contribution >= 4 is 52.3 Å². The van der Waals surface area contributed by atoms with Crippen LogP contribution < -0.4 is 20.9 Å². The number of para-hydroxylation sites is 1. The Morgan fingerprint density at radius 1 is 1.00 bits per heavy atom. The van der Waals surface area contributed by atoms with Gasteiger partial charge in [-0.25, -0.2) is 0 Å². The lowest BCUT2D eigenvalue weighted by molar-refractivity contribution is 0.0933. The zero-order chi connectivity index (χ0) is 20.5. The SMILES string of the molecule is COCCOc1ccccc1C(=O)NC(=S)NNC(=O)c1ccc(Cl)cc1Cl. The van der Waals surface area contributed by atoms with Gasteiger partial charge >= 0.3 is 0 Å². The smallest absolute Gasteiger partial charge is 0.271 e. The highest BCUT2D eigenvalue weighted by molar-refractivity contribution is 7.80. The first-order valence-corrected chi connectivity index (χ1v) is 9.16. The van der Waals surface area contributed by atoms with Crippen LogP contribution in [-0.2, 0) is 4.74 Å². The van der Waals surface area contributed by atoms with Crippen LogP contribution in [0.25, 0.3) is 0 Å². The van der Waals surface area contributed by atoms with Crippen molar-refractivity contribution in [1.82, 2.24) is 16.2 Å². The summed E-state index contributed by atoms with van der Waals surface area (Å²) in [4.78, 5) is 24.5. The Kier molecular flexibility index (Phi) is 8.46. The van der Waals surface area contributed by atoms with Gasteiger partial charge in [-0.05, 0) is 42.5 Å². The fraction of sp³-hybridized carbons (Fsp3) is 0.167. The Morgan fingerprint density at radius 2 is 1.75 bits per heavy atom. The minimum atomic E-state index is -0.540. The first-order chi connectivity index (χ1) is 13.4. The summed E-state index contributed by atoms with van der Waals surface area (Å²) in [5.74, 6) is -0.650. The number of hydrogen-bond acceptors (Lipinski definition) is 5. The van der Waals surface area contributed by atoms with Gasteiger partial charge in [-0.3, -0.25) is 25.8 Å². The van der Waals surface area contributed by atoms with E-state index in [-0.39, 0.29) is 21.3 Å². The van der Waals surface area contributed by atoms with Gasteiger partial charge in [0.2, 0.25) is 0 Å². The molecular formula is C18H17Cl2N3O4S. The van der Waals surface area contributed by atoms with Crippen LogP contribution in [0.4, 0.5) is 0 Å². The molecular weight excluding hydrogens is 425 g/mol. The number of nitrogens with one attached hydrogen (secondary N) is 3. The minimum Gasteiger partial charge on any atom is -0.490 e. The summed E-state index contributed by atoms with van der Waals surface area (Å²) in [6, 6.07) is 11.1.